The van der Waals surface area contributed by atoms with Gasteiger partial charge in [-0.2, -0.15) is 12.8 Å². The Kier molecular flexibility index (Phi) is 6.19. The van der Waals surface area contributed by atoms with Gasteiger partial charge in [0.2, 0.25) is 0 Å². The van der Waals surface area contributed by atoms with Crippen molar-refractivity contribution in [2.45, 2.75) is 11.8 Å². The van der Waals surface area contributed by atoms with Gasteiger partial charge in [0.15, 0.2) is 5.78 Å². The molecule has 1 aliphatic rings. The summed E-state index contributed by atoms with van der Waals surface area (Å²) in [6.45, 7) is 2.27. The van der Waals surface area contributed by atoms with E-state index in [2.05, 4.69) is 4.40 Å². The number of carboxylic acids is 1. The van der Waals surface area contributed by atoms with Crippen molar-refractivity contribution in [3.8, 4) is 5.75 Å². The van der Waals surface area contributed by atoms with Gasteiger partial charge in [0.05, 0.1) is 28.1 Å². The summed E-state index contributed by atoms with van der Waals surface area (Å²) < 4.78 is 34.8. The van der Waals surface area contributed by atoms with Crippen molar-refractivity contribution in [2.75, 3.05) is 12.4 Å². The largest absolute Gasteiger partial charge is 0.549 e. The first-order valence-corrected chi connectivity index (χ1v) is 11.0. The third-order valence-corrected chi connectivity index (χ3v) is 6.24. The van der Waals surface area contributed by atoms with Crippen LogP contribution in [0.2, 0.25) is 0 Å². The summed E-state index contributed by atoms with van der Waals surface area (Å²) in [6, 6.07) is 12.3. The smallest absolute Gasteiger partial charge is 0.282 e. The average Bonchev–Trinajstić information content (AvgIpc) is 2.69. The zero-order chi connectivity index (χ0) is 21.0. The van der Waals surface area contributed by atoms with Gasteiger partial charge in [0, 0.05) is 16.9 Å². The number of allylic oxidation sites excluding steroid dienone is 2. The maximum atomic E-state index is 12.8. The van der Waals surface area contributed by atoms with Crippen molar-refractivity contribution < 1.29 is 27.9 Å². The fourth-order valence-corrected chi connectivity index (χ4v) is 4.39. The van der Waals surface area contributed by atoms with Crippen LogP contribution in [0.25, 0.3) is 0 Å². The van der Waals surface area contributed by atoms with E-state index >= 15 is 0 Å². The molecule has 29 heavy (non-hydrogen) atoms. The van der Waals surface area contributed by atoms with E-state index in [0.29, 0.717) is 17.9 Å². The Balaban J connectivity index is 2.04. The SMILES string of the molecule is CCOc1ccc(S(=O)(=O)N=C2C=C(SCC(=O)[O-])C(=O)c3ccccc32)cc1. The van der Waals surface area contributed by atoms with Crippen molar-refractivity contribution in [2.24, 2.45) is 4.40 Å². The number of rotatable bonds is 7. The lowest BCUT2D eigenvalue weighted by Crippen LogP contribution is -2.25. The molecule has 3 rings (SSSR count). The molecule has 0 heterocycles. The summed E-state index contributed by atoms with van der Waals surface area (Å²) in [5, 5.41) is 10.8. The summed E-state index contributed by atoms with van der Waals surface area (Å²) in [6.07, 6.45) is 1.30. The molecule has 0 N–H and O–H groups in total. The summed E-state index contributed by atoms with van der Waals surface area (Å²) in [4.78, 5) is 23.4. The molecule has 0 amide bonds. The molecule has 0 aromatic heterocycles. The van der Waals surface area contributed by atoms with Crippen molar-refractivity contribution in [1.29, 1.82) is 0 Å². The summed E-state index contributed by atoms with van der Waals surface area (Å²) in [7, 11) is -4.07. The van der Waals surface area contributed by atoms with E-state index in [1.165, 1.54) is 30.3 Å². The van der Waals surface area contributed by atoms with E-state index in [9.17, 15) is 23.1 Å². The molecule has 150 valence electrons. The maximum absolute atomic E-state index is 12.8. The highest BCUT2D eigenvalue weighted by molar-refractivity contribution is 8.04. The molecular weight excluding hydrogens is 414 g/mol. The lowest BCUT2D eigenvalue weighted by atomic mass is 9.94. The zero-order valence-electron chi connectivity index (χ0n) is 15.3. The molecule has 0 saturated heterocycles. The highest BCUT2D eigenvalue weighted by Gasteiger charge is 2.26. The Morgan fingerprint density at radius 2 is 1.76 bits per heavy atom. The molecule has 0 fully saturated rings. The zero-order valence-corrected chi connectivity index (χ0v) is 17.0. The molecule has 0 spiro atoms. The second-order valence-corrected chi connectivity index (χ2v) is 8.52. The standard InChI is InChI=1S/C20H17NO6S2/c1-2-27-13-7-9-14(10-8-13)29(25,26)21-17-11-18(28-12-19(22)23)20(24)16-6-4-3-5-15(16)17/h3-11H,2,12H2,1H3,(H,22,23)/p-1. The van der Waals surface area contributed by atoms with Crippen molar-refractivity contribution in [1.82, 2.24) is 0 Å². The third-order valence-electron chi connectivity index (χ3n) is 3.94. The highest BCUT2D eigenvalue weighted by atomic mass is 32.2. The average molecular weight is 430 g/mol. The van der Waals surface area contributed by atoms with Crippen LogP contribution in [-0.2, 0) is 14.8 Å². The van der Waals surface area contributed by atoms with E-state index in [4.69, 9.17) is 4.74 Å². The van der Waals surface area contributed by atoms with E-state index in [1.807, 2.05) is 6.92 Å². The first-order chi connectivity index (χ1) is 13.8. The second-order valence-electron chi connectivity index (χ2n) is 5.90. The fourth-order valence-electron chi connectivity index (χ4n) is 2.68. The monoisotopic (exact) mass is 430 g/mol. The fraction of sp³-hybridized carbons (Fsp3) is 0.150. The van der Waals surface area contributed by atoms with E-state index in [1.54, 1.807) is 24.3 Å². The third kappa shape index (κ3) is 4.75. The molecule has 2 aromatic carbocycles. The van der Waals surface area contributed by atoms with Gasteiger partial charge in [0.1, 0.15) is 5.75 Å². The summed E-state index contributed by atoms with van der Waals surface area (Å²) in [5.74, 6) is -1.61. The lowest BCUT2D eigenvalue weighted by molar-refractivity contribution is -0.301. The number of benzene rings is 2. The number of carbonyl (C=O) groups excluding carboxylic acids is 2. The molecule has 9 heteroatoms. The number of hydrogen-bond acceptors (Lipinski definition) is 7. The number of thioether (sulfide) groups is 1. The first kappa shape index (κ1) is 20.8. The van der Waals surface area contributed by atoms with Gasteiger partial charge < -0.3 is 14.6 Å². The number of fused-ring (bicyclic) bond motifs is 1. The van der Waals surface area contributed by atoms with Gasteiger partial charge in [-0.25, -0.2) is 0 Å². The van der Waals surface area contributed by atoms with Crippen LogP contribution in [0.15, 0.2) is 68.8 Å². The number of ether oxygens (including phenoxy) is 1. The predicted octanol–water partition coefficient (Wildman–Crippen LogP) is 1.83. The molecule has 0 unspecified atom stereocenters. The highest BCUT2D eigenvalue weighted by Crippen LogP contribution is 2.29. The van der Waals surface area contributed by atoms with Crippen LogP contribution in [0.5, 0.6) is 5.75 Å². The molecule has 2 aromatic rings. The molecule has 0 atom stereocenters. The lowest BCUT2D eigenvalue weighted by Gasteiger charge is -2.17. The molecule has 7 nitrogen and oxygen atoms in total. The van der Waals surface area contributed by atoms with Gasteiger partial charge in [-0.1, -0.05) is 24.3 Å². The topological polar surface area (TPSA) is 113 Å². The van der Waals surface area contributed by atoms with E-state index < -0.39 is 21.7 Å². The van der Waals surface area contributed by atoms with Crippen molar-refractivity contribution in [3.05, 3.63) is 70.6 Å². The molecule has 1 aliphatic carbocycles. The Bertz CT molecular complexity index is 1120. The van der Waals surface area contributed by atoms with Crippen molar-refractivity contribution >= 4 is 39.2 Å². The molecular formula is C20H16NO6S2-. The number of sulfonamides is 1. The Labute approximate surface area is 172 Å². The van der Waals surface area contributed by atoms with Crippen LogP contribution < -0.4 is 9.84 Å². The van der Waals surface area contributed by atoms with Crippen LogP contribution >= 0.6 is 11.8 Å². The van der Waals surface area contributed by atoms with Gasteiger partial charge in [0.25, 0.3) is 10.0 Å². The van der Waals surface area contributed by atoms with E-state index in [-0.39, 0.29) is 26.9 Å². The minimum atomic E-state index is -4.07. The van der Waals surface area contributed by atoms with Gasteiger partial charge in [-0.15, -0.1) is 11.8 Å². The number of nitrogens with zero attached hydrogens (tertiary/aromatic N) is 1. The number of carbonyl (C=O) groups is 2. The quantitative estimate of drug-likeness (QED) is 0.658. The normalized spacial score (nSPS) is 15.0. The minimum Gasteiger partial charge on any atom is -0.549 e. The van der Waals surface area contributed by atoms with Crippen LogP contribution in [-0.4, -0.2) is 38.2 Å². The number of hydrogen-bond donors (Lipinski definition) is 0. The Morgan fingerprint density at radius 1 is 1.10 bits per heavy atom. The first-order valence-electron chi connectivity index (χ1n) is 8.58. The number of aliphatic carboxylic acids is 1. The van der Waals surface area contributed by atoms with E-state index in [0.717, 1.165) is 11.8 Å². The van der Waals surface area contributed by atoms with Crippen LogP contribution in [0.1, 0.15) is 22.8 Å². The van der Waals surface area contributed by atoms with Gasteiger partial charge in [-0.05, 0) is 37.3 Å². The molecule has 0 saturated carbocycles. The molecule has 0 aliphatic heterocycles. The van der Waals surface area contributed by atoms with Crippen LogP contribution in [0.4, 0.5) is 0 Å². The second kappa shape index (κ2) is 8.62. The Hall–Kier alpha value is -2.91. The Morgan fingerprint density at radius 3 is 2.38 bits per heavy atom. The molecule has 0 bridgehead atoms. The number of Topliss-reactive ketones (excluding diaryl/α,β-unsaturated/α-hetero) is 1. The number of carboxylic acid groups (broad SMARTS) is 1. The number of ketones is 1. The van der Waals surface area contributed by atoms with Crippen LogP contribution in [0.3, 0.4) is 0 Å². The predicted molar refractivity (Wildman–Crippen MR) is 108 cm³/mol. The van der Waals surface area contributed by atoms with Gasteiger partial charge >= 0.3 is 0 Å². The summed E-state index contributed by atoms with van der Waals surface area (Å²) >= 11 is 0.767. The maximum Gasteiger partial charge on any atom is 0.282 e. The minimum absolute atomic E-state index is 0.0276. The summed E-state index contributed by atoms with van der Waals surface area (Å²) in [5.41, 5.74) is 0.691. The molecule has 0 radical (unpaired) electrons. The van der Waals surface area contributed by atoms with Gasteiger partial charge in [-0.3, -0.25) is 4.79 Å². The van der Waals surface area contributed by atoms with Crippen LogP contribution in [0, 0.1) is 0 Å². The van der Waals surface area contributed by atoms with Crippen molar-refractivity contribution in [3.63, 3.8) is 0 Å².